The average molecular weight is 387 g/mol. The molecular formula is C22H31FN4O. The topological polar surface area (TPSA) is 41.4 Å². The van der Waals surface area contributed by atoms with Gasteiger partial charge in [0, 0.05) is 38.8 Å². The molecule has 1 aliphatic rings. The van der Waals surface area contributed by atoms with Crippen LogP contribution in [0.3, 0.4) is 0 Å². The molecule has 1 aromatic heterocycles. The van der Waals surface area contributed by atoms with E-state index < -0.39 is 0 Å². The fourth-order valence-electron chi connectivity index (χ4n) is 4.02. The summed E-state index contributed by atoms with van der Waals surface area (Å²) in [5.74, 6) is 0.267. The lowest BCUT2D eigenvalue weighted by molar-refractivity contribution is 0.0690. The van der Waals surface area contributed by atoms with E-state index >= 15 is 0 Å². The van der Waals surface area contributed by atoms with Crippen molar-refractivity contribution in [1.29, 1.82) is 0 Å². The molecule has 0 N–H and O–H groups in total. The Morgan fingerprint density at radius 3 is 2.61 bits per heavy atom. The minimum atomic E-state index is -0.209. The van der Waals surface area contributed by atoms with Crippen molar-refractivity contribution in [3.63, 3.8) is 0 Å². The first-order valence-electron chi connectivity index (χ1n) is 10.2. The van der Waals surface area contributed by atoms with Gasteiger partial charge in [-0.25, -0.2) is 4.39 Å². The van der Waals surface area contributed by atoms with Crippen LogP contribution in [-0.4, -0.2) is 51.2 Å². The number of benzene rings is 1. The van der Waals surface area contributed by atoms with Crippen LogP contribution in [0.1, 0.15) is 48.9 Å². The van der Waals surface area contributed by atoms with Crippen LogP contribution in [0.2, 0.25) is 0 Å². The Kier molecular flexibility index (Phi) is 6.50. The Morgan fingerprint density at radius 2 is 1.96 bits per heavy atom. The van der Waals surface area contributed by atoms with Gasteiger partial charge in [-0.2, -0.15) is 5.10 Å². The van der Waals surface area contributed by atoms with Crippen LogP contribution in [0.4, 0.5) is 4.39 Å². The maximum atomic E-state index is 13.2. The highest BCUT2D eigenvalue weighted by molar-refractivity contribution is 5.92. The standard InChI is InChI=1S/C22H31FN4O/c1-5-27-20(13-17(4)24-27)22(28)26-12-6-11-25(21(15-26)16(2)3)14-18-7-9-19(23)10-8-18/h7-10,13,16,21H,5-6,11-12,14-15H2,1-4H3/t21-/m1/s1. The van der Waals surface area contributed by atoms with Crippen molar-refractivity contribution in [3.8, 4) is 0 Å². The molecule has 1 aliphatic heterocycles. The molecule has 2 heterocycles. The molecule has 5 nitrogen and oxygen atoms in total. The van der Waals surface area contributed by atoms with Gasteiger partial charge >= 0.3 is 0 Å². The fraction of sp³-hybridized carbons (Fsp3) is 0.545. The monoisotopic (exact) mass is 386 g/mol. The molecule has 6 heteroatoms. The van der Waals surface area contributed by atoms with Gasteiger partial charge in [0.15, 0.2) is 0 Å². The van der Waals surface area contributed by atoms with Crippen molar-refractivity contribution in [1.82, 2.24) is 19.6 Å². The molecule has 1 aromatic carbocycles. The molecule has 0 radical (unpaired) electrons. The smallest absolute Gasteiger partial charge is 0.272 e. The number of nitrogens with zero attached hydrogens (tertiary/aromatic N) is 4. The summed E-state index contributed by atoms with van der Waals surface area (Å²) in [4.78, 5) is 17.6. The zero-order valence-electron chi connectivity index (χ0n) is 17.4. The molecule has 2 aromatic rings. The molecular weight excluding hydrogens is 355 g/mol. The second kappa shape index (κ2) is 8.86. The minimum Gasteiger partial charge on any atom is -0.336 e. The lowest BCUT2D eigenvalue weighted by atomic mass is 10.0. The summed E-state index contributed by atoms with van der Waals surface area (Å²) in [7, 11) is 0. The van der Waals surface area contributed by atoms with E-state index in [-0.39, 0.29) is 17.8 Å². The number of aryl methyl sites for hydroxylation is 2. The van der Waals surface area contributed by atoms with Gasteiger partial charge in [0.1, 0.15) is 11.5 Å². The predicted molar refractivity (Wildman–Crippen MR) is 109 cm³/mol. The van der Waals surface area contributed by atoms with Crippen LogP contribution in [0, 0.1) is 18.7 Å². The first-order chi connectivity index (χ1) is 13.4. The van der Waals surface area contributed by atoms with Gasteiger partial charge in [-0.3, -0.25) is 14.4 Å². The summed E-state index contributed by atoms with van der Waals surface area (Å²) in [5, 5.41) is 4.43. The van der Waals surface area contributed by atoms with E-state index in [0.29, 0.717) is 24.7 Å². The molecule has 1 atom stereocenters. The molecule has 1 fully saturated rings. The van der Waals surface area contributed by atoms with Gasteiger partial charge in [-0.15, -0.1) is 0 Å². The maximum absolute atomic E-state index is 13.2. The number of carbonyl (C=O) groups excluding carboxylic acids is 1. The summed E-state index contributed by atoms with van der Waals surface area (Å²) < 4.78 is 15.0. The summed E-state index contributed by atoms with van der Waals surface area (Å²) in [6, 6.07) is 8.88. The Morgan fingerprint density at radius 1 is 1.25 bits per heavy atom. The second-order valence-electron chi connectivity index (χ2n) is 8.00. The lowest BCUT2D eigenvalue weighted by Gasteiger charge is -2.34. The highest BCUT2D eigenvalue weighted by Gasteiger charge is 2.31. The Balaban J connectivity index is 1.78. The lowest BCUT2D eigenvalue weighted by Crippen LogP contribution is -2.45. The number of hydrogen-bond acceptors (Lipinski definition) is 3. The number of aromatic nitrogens is 2. The van der Waals surface area contributed by atoms with Gasteiger partial charge in [0.05, 0.1) is 5.69 Å². The zero-order chi connectivity index (χ0) is 20.3. The van der Waals surface area contributed by atoms with Crippen LogP contribution in [0.5, 0.6) is 0 Å². The molecule has 0 unspecified atom stereocenters. The van der Waals surface area contributed by atoms with Crippen LogP contribution in [-0.2, 0) is 13.1 Å². The third-order valence-electron chi connectivity index (χ3n) is 5.53. The van der Waals surface area contributed by atoms with Gasteiger partial charge in [-0.1, -0.05) is 26.0 Å². The highest BCUT2D eigenvalue weighted by Crippen LogP contribution is 2.21. The Hall–Kier alpha value is -2.21. The van der Waals surface area contributed by atoms with E-state index in [4.69, 9.17) is 0 Å². The van der Waals surface area contributed by atoms with Crippen molar-refractivity contribution in [2.45, 2.75) is 53.2 Å². The number of halogens is 1. The average Bonchev–Trinajstić information content (AvgIpc) is 2.92. The summed E-state index contributed by atoms with van der Waals surface area (Å²) >= 11 is 0. The van der Waals surface area contributed by atoms with Crippen LogP contribution < -0.4 is 0 Å². The van der Waals surface area contributed by atoms with Crippen molar-refractivity contribution in [2.24, 2.45) is 5.92 Å². The van der Waals surface area contributed by atoms with Crippen molar-refractivity contribution < 1.29 is 9.18 Å². The van der Waals surface area contributed by atoms with E-state index in [1.54, 1.807) is 4.68 Å². The van der Waals surface area contributed by atoms with Crippen molar-refractivity contribution in [2.75, 3.05) is 19.6 Å². The third kappa shape index (κ3) is 4.61. The van der Waals surface area contributed by atoms with Gasteiger partial charge in [0.25, 0.3) is 5.91 Å². The third-order valence-corrected chi connectivity index (χ3v) is 5.53. The number of hydrogen-bond donors (Lipinski definition) is 0. The Bertz CT molecular complexity index is 799. The summed E-state index contributed by atoms with van der Waals surface area (Å²) in [6.45, 7) is 12.2. The maximum Gasteiger partial charge on any atom is 0.272 e. The molecule has 0 aliphatic carbocycles. The van der Waals surface area contributed by atoms with Gasteiger partial charge < -0.3 is 4.90 Å². The van der Waals surface area contributed by atoms with E-state index in [1.165, 1.54) is 12.1 Å². The Labute approximate surface area is 167 Å². The first-order valence-corrected chi connectivity index (χ1v) is 10.2. The fourth-order valence-corrected chi connectivity index (χ4v) is 4.02. The minimum absolute atomic E-state index is 0.0664. The number of carbonyl (C=O) groups is 1. The molecule has 0 bridgehead atoms. The van der Waals surface area contributed by atoms with E-state index in [0.717, 1.165) is 37.3 Å². The molecule has 1 saturated heterocycles. The van der Waals surface area contributed by atoms with Gasteiger partial charge in [0.2, 0.25) is 0 Å². The van der Waals surface area contributed by atoms with Gasteiger partial charge in [-0.05, 0) is 49.9 Å². The number of amides is 1. The van der Waals surface area contributed by atoms with Crippen LogP contribution >= 0.6 is 0 Å². The number of rotatable bonds is 5. The molecule has 1 amide bonds. The molecule has 0 spiro atoms. The zero-order valence-corrected chi connectivity index (χ0v) is 17.4. The molecule has 3 rings (SSSR count). The summed E-state index contributed by atoms with van der Waals surface area (Å²) in [6.07, 6.45) is 0.926. The van der Waals surface area contributed by atoms with E-state index in [9.17, 15) is 9.18 Å². The molecule has 152 valence electrons. The summed E-state index contributed by atoms with van der Waals surface area (Å²) in [5.41, 5.74) is 2.65. The molecule has 0 saturated carbocycles. The first kappa shape index (κ1) is 20.5. The largest absolute Gasteiger partial charge is 0.336 e. The van der Waals surface area contributed by atoms with E-state index in [1.807, 2.05) is 36.9 Å². The predicted octanol–water partition coefficient (Wildman–Crippen LogP) is 3.72. The van der Waals surface area contributed by atoms with Crippen LogP contribution in [0.25, 0.3) is 0 Å². The van der Waals surface area contributed by atoms with E-state index in [2.05, 4.69) is 23.8 Å². The SMILES string of the molecule is CCn1nc(C)cc1C(=O)N1CCCN(Cc2ccc(F)cc2)[C@@H](C(C)C)C1. The van der Waals surface area contributed by atoms with Crippen molar-refractivity contribution >= 4 is 5.91 Å². The van der Waals surface area contributed by atoms with Crippen LogP contribution in [0.15, 0.2) is 30.3 Å². The molecule has 28 heavy (non-hydrogen) atoms. The van der Waals surface area contributed by atoms with Crippen molar-refractivity contribution in [3.05, 3.63) is 53.1 Å². The second-order valence-corrected chi connectivity index (χ2v) is 8.00. The highest BCUT2D eigenvalue weighted by atomic mass is 19.1. The normalized spacial score (nSPS) is 18.5. The quantitative estimate of drug-likeness (QED) is 0.786.